The van der Waals surface area contributed by atoms with E-state index in [0.29, 0.717) is 39.4 Å². The molecule has 0 aliphatic carbocycles. The fourth-order valence-electron chi connectivity index (χ4n) is 3.21. The third-order valence-electron chi connectivity index (χ3n) is 5.07. The third-order valence-corrected chi connectivity index (χ3v) is 5.59. The molecule has 0 fully saturated rings. The van der Waals surface area contributed by atoms with Crippen molar-refractivity contribution in [3.05, 3.63) is 71.2 Å². The van der Waals surface area contributed by atoms with Gasteiger partial charge < -0.3 is 29.6 Å². The number of methoxy groups -OCH3 is 3. The molecule has 9 nitrogen and oxygen atoms in total. The Hall–Kier alpha value is -4.02. The molecule has 11 heteroatoms. The van der Waals surface area contributed by atoms with Gasteiger partial charge in [-0.15, -0.1) is 0 Å². The lowest BCUT2D eigenvalue weighted by Gasteiger charge is -2.16. The van der Waals surface area contributed by atoms with Crippen molar-refractivity contribution >= 4 is 52.1 Å². The van der Waals surface area contributed by atoms with E-state index in [1.807, 2.05) is 0 Å². The molecule has 0 bridgehead atoms. The number of carbonyl (C=O) groups excluding carboxylic acids is 2. The van der Waals surface area contributed by atoms with Gasteiger partial charge >= 0.3 is 0 Å². The maximum absolute atomic E-state index is 12.7. The predicted octanol–water partition coefficient (Wildman–Crippen LogP) is 4.90. The van der Waals surface area contributed by atoms with Gasteiger partial charge in [-0.25, -0.2) is 0 Å². The second kappa shape index (κ2) is 12.8. The van der Waals surface area contributed by atoms with Gasteiger partial charge in [-0.3, -0.25) is 14.9 Å². The molecule has 1 unspecified atom stereocenters. The number of nitrogens with one attached hydrogen (secondary N) is 3. The highest BCUT2D eigenvalue weighted by molar-refractivity contribution is 7.80. The van der Waals surface area contributed by atoms with Crippen molar-refractivity contribution in [1.29, 1.82) is 0 Å². The van der Waals surface area contributed by atoms with E-state index in [0.717, 1.165) is 0 Å². The van der Waals surface area contributed by atoms with Crippen molar-refractivity contribution in [2.75, 3.05) is 32.0 Å². The number of benzene rings is 3. The number of halogens is 1. The molecule has 37 heavy (non-hydrogen) atoms. The van der Waals surface area contributed by atoms with Crippen LogP contribution in [-0.4, -0.2) is 44.4 Å². The third kappa shape index (κ3) is 7.25. The number of carbonyl (C=O) groups is 2. The van der Waals surface area contributed by atoms with Gasteiger partial charge in [0.1, 0.15) is 5.75 Å². The molecule has 0 radical (unpaired) electrons. The normalized spacial score (nSPS) is 11.1. The number of thiocarbonyl (C=S) groups is 1. The van der Waals surface area contributed by atoms with Crippen molar-refractivity contribution in [2.45, 2.75) is 13.0 Å². The Morgan fingerprint density at radius 2 is 1.41 bits per heavy atom. The Morgan fingerprint density at radius 1 is 0.838 bits per heavy atom. The lowest BCUT2D eigenvalue weighted by molar-refractivity contribution is -0.122. The lowest BCUT2D eigenvalue weighted by Crippen LogP contribution is -2.34. The summed E-state index contributed by atoms with van der Waals surface area (Å²) in [5.41, 5.74) is 1.43. The van der Waals surface area contributed by atoms with E-state index in [2.05, 4.69) is 16.0 Å². The van der Waals surface area contributed by atoms with Crippen molar-refractivity contribution in [2.24, 2.45) is 0 Å². The van der Waals surface area contributed by atoms with Crippen molar-refractivity contribution < 1.29 is 28.5 Å². The number of hydrogen-bond donors (Lipinski definition) is 3. The maximum atomic E-state index is 12.7. The smallest absolute Gasteiger partial charge is 0.265 e. The van der Waals surface area contributed by atoms with Crippen LogP contribution in [0.5, 0.6) is 23.0 Å². The summed E-state index contributed by atoms with van der Waals surface area (Å²) in [7, 11) is 4.40. The molecule has 0 saturated heterocycles. The molecule has 0 aromatic heterocycles. The molecule has 2 amide bonds. The number of hydrogen-bond acceptors (Lipinski definition) is 7. The zero-order valence-corrected chi connectivity index (χ0v) is 22.2. The molecule has 3 aromatic rings. The summed E-state index contributed by atoms with van der Waals surface area (Å²) in [5.74, 6) is 0.680. The molecular formula is C26H26ClN3O6S. The first-order valence-electron chi connectivity index (χ1n) is 11.0. The fraction of sp³-hybridized carbons (Fsp3) is 0.192. The van der Waals surface area contributed by atoms with Gasteiger partial charge in [0.05, 0.1) is 26.4 Å². The summed E-state index contributed by atoms with van der Waals surface area (Å²) in [4.78, 5) is 25.2. The molecule has 3 aromatic carbocycles. The van der Waals surface area contributed by atoms with E-state index in [-0.39, 0.29) is 16.6 Å². The number of rotatable bonds is 9. The first-order valence-corrected chi connectivity index (χ1v) is 11.8. The molecular weight excluding hydrogens is 518 g/mol. The van der Waals surface area contributed by atoms with Crippen LogP contribution in [0.25, 0.3) is 0 Å². The second-order valence-corrected chi connectivity index (χ2v) is 8.39. The summed E-state index contributed by atoms with van der Waals surface area (Å²) in [6.45, 7) is 1.63. The largest absolute Gasteiger partial charge is 0.493 e. The zero-order valence-electron chi connectivity index (χ0n) is 20.6. The Kier molecular flexibility index (Phi) is 9.53. The Balaban J connectivity index is 1.57. The van der Waals surface area contributed by atoms with E-state index < -0.39 is 12.0 Å². The molecule has 0 aliphatic rings. The minimum absolute atomic E-state index is 0.0808. The summed E-state index contributed by atoms with van der Waals surface area (Å²) >= 11 is 11.3. The molecule has 0 heterocycles. The van der Waals surface area contributed by atoms with Crippen LogP contribution in [0, 0.1) is 0 Å². The molecule has 3 rings (SSSR count). The van der Waals surface area contributed by atoms with Crippen molar-refractivity contribution in [1.82, 2.24) is 5.32 Å². The van der Waals surface area contributed by atoms with Gasteiger partial charge in [0.2, 0.25) is 5.75 Å². The van der Waals surface area contributed by atoms with Crippen LogP contribution in [0.3, 0.4) is 0 Å². The quantitative estimate of drug-likeness (QED) is 0.327. The average molecular weight is 544 g/mol. The highest BCUT2D eigenvalue weighted by Gasteiger charge is 2.18. The average Bonchev–Trinajstić information content (AvgIpc) is 2.89. The van der Waals surface area contributed by atoms with Gasteiger partial charge in [-0.2, -0.15) is 0 Å². The SMILES string of the molecule is COc1cc(C(=O)NC(=S)Nc2ccc(NC(=O)C(C)Oc3ccccc3Cl)cc2)cc(OC)c1OC. The Bertz CT molecular complexity index is 1260. The van der Waals surface area contributed by atoms with Crippen LogP contribution in [0.15, 0.2) is 60.7 Å². The minimum atomic E-state index is -0.768. The maximum Gasteiger partial charge on any atom is 0.265 e. The Morgan fingerprint density at radius 3 is 1.95 bits per heavy atom. The molecule has 3 N–H and O–H groups in total. The van der Waals surface area contributed by atoms with E-state index in [9.17, 15) is 9.59 Å². The lowest BCUT2D eigenvalue weighted by atomic mass is 10.1. The summed E-state index contributed by atoms with van der Waals surface area (Å²) in [5, 5.41) is 8.81. The van der Waals surface area contributed by atoms with Gasteiger partial charge in [0.25, 0.3) is 11.8 Å². The minimum Gasteiger partial charge on any atom is -0.493 e. The topological polar surface area (TPSA) is 107 Å². The summed E-state index contributed by atoms with van der Waals surface area (Å²) in [6.07, 6.45) is -0.768. The summed E-state index contributed by atoms with van der Waals surface area (Å²) in [6, 6.07) is 16.7. The first kappa shape index (κ1) is 27.6. The molecule has 194 valence electrons. The standard InChI is InChI=1S/C26H26ClN3O6S/c1-15(36-20-8-6-5-7-19(20)27)24(31)28-17-9-11-18(12-10-17)29-26(37)30-25(32)16-13-21(33-2)23(35-4)22(14-16)34-3/h5-15H,1-4H3,(H,28,31)(H2,29,30,32,37). The van der Waals surface area contributed by atoms with E-state index in [1.54, 1.807) is 55.5 Å². The molecule has 0 saturated carbocycles. The number of amides is 2. The Labute approximate surface area is 225 Å². The van der Waals surface area contributed by atoms with Crippen LogP contribution in [0.1, 0.15) is 17.3 Å². The molecule has 0 spiro atoms. The van der Waals surface area contributed by atoms with Gasteiger partial charge in [0, 0.05) is 16.9 Å². The molecule has 1 atom stereocenters. The van der Waals surface area contributed by atoms with Gasteiger partial charge in [-0.1, -0.05) is 23.7 Å². The van der Waals surface area contributed by atoms with Crippen LogP contribution in [0.2, 0.25) is 5.02 Å². The first-order chi connectivity index (χ1) is 17.7. The van der Waals surface area contributed by atoms with Crippen LogP contribution < -0.4 is 34.9 Å². The molecule has 0 aliphatic heterocycles. The van der Waals surface area contributed by atoms with Crippen molar-refractivity contribution in [3.63, 3.8) is 0 Å². The van der Waals surface area contributed by atoms with E-state index >= 15 is 0 Å². The number of para-hydroxylation sites is 1. The second-order valence-electron chi connectivity index (χ2n) is 7.58. The number of anilines is 2. The summed E-state index contributed by atoms with van der Waals surface area (Å²) < 4.78 is 21.5. The monoisotopic (exact) mass is 543 g/mol. The van der Waals surface area contributed by atoms with E-state index in [1.165, 1.54) is 33.5 Å². The highest BCUT2D eigenvalue weighted by atomic mass is 35.5. The van der Waals surface area contributed by atoms with Gasteiger partial charge in [0.15, 0.2) is 22.7 Å². The zero-order chi connectivity index (χ0) is 26.9. The number of ether oxygens (including phenoxy) is 4. The van der Waals surface area contributed by atoms with Crippen LogP contribution >= 0.6 is 23.8 Å². The van der Waals surface area contributed by atoms with Crippen molar-refractivity contribution in [3.8, 4) is 23.0 Å². The van der Waals surface area contributed by atoms with E-state index in [4.69, 9.17) is 42.8 Å². The van der Waals surface area contributed by atoms with Crippen LogP contribution in [-0.2, 0) is 4.79 Å². The predicted molar refractivity (Wildman–Crippen MR) is 146 cm³/mol. The van der Waals surface area contributed by atoms with Crippen LogP contribution in [0.4, 0.5) is 11.4 Å². The fourth-order valence-corrected chi connectivity index (χ4v) is 3.61. The highest BCUT2D eigenvalue weighted by Crippen LogP contribution is 2.38. The van der Waals surface area contributed by atoms with Gasteiger partial charge in [-0.05, 0) is 67.7 Å².